The average Bonchev–Trinajstić information content (AvgIpc) is 2.90. The molecule has 1 N–H and O–H groups in total. The Morgan fingerprint density at radius 3 is 2.79 bits per heavy atom. The maximum atomic E-state index is 12.2. The minimum absolute atomic E-state index is 0. The van der Waals surface area contributed by atoms with Crippen LogP contribution in [0.5, 0.6) is 5.75 Å². The zero-order chi connectivity index (χ0) is 13.1. The lowest BCUT2D eigenvalue weighted by Crippen LogP contribution is -2.41. The molecule has 0 spiro atoms. The van der Waals surface area contributed by atoms with Crippen LogP contribution in [0.2, 0.25) is 5.02 Å². The lowest BCUT2D eigenvalue weighted by atomic mass is 10.2. The van der Waals surface area contributed by atoms with Gasteiger partial charge in [0.25, 0.3) is 0 Å². The molecule has 1 aromatic carbocycles. The zero-order valence-corrected chi connectivity index (χ0v) is 12.6. The van der Waals surface area contributed by atoms with Crippen LogP contribution in [0.4, 0.5) is 5.69 Å². The fourth-order valence-electron chi connectivity index (χ4n) is 2.12. The van der Waals surface area contributed by atoms with Gasteiger partial charge in [-0.1, -0.05) is 11.6 Å². The van der Waals surface area contributed by atoms with Crippen LogP contribution in [-0.4, -0.2) is 32.7 Å². The van der Waals surface area contributed by atoms with Gasteiger partial charge in [-0.2, -0.15) is 0 Å². The van der Waals surface area contributed by atoms with E-state index in [1.807, 2.05) is 6.07 Å². The van der Waals surface area contributed by atoms with E-state index in [0.29, 0.717) is 10.8 Å². The number of likely N-dealkylation sites (N-methyl/N-ethyl adjacent to an activating group) is 1. The summed E-state index contributed by atoms with van der Waals surface area (Å²) in [5.41, 5.74) is 0.777. The smallest absolute Gasteiger partial charge is 0.243 e. The molecule has 0 aliphatic carbocycles. The van der Waals surface area contributed by atoms with Gasteiger partial charge in [-0.3, -0.25) is 4.79 Å². The van der Waals surface area contributed by atoms with Crippen molar-refractivity contribution in [2.24, 2.45) is 0 Å². The second kappa shape index (κ2) is 6.98. The molecule has 1 atom stereocenters. The predicted octanol–water partition coefficient (Wildman–Crippen LogP) is 2.49. The standard InChI is InChI=1S/C13H17ClN2O2.ClH/c1-16(13(17)11-4-3-7-15-11)9-5-6-12(18-2)10(14)8-9;/h5-6,8,11,15H,3-4,7H2,1-2H3;1H. The van der Waals surface area contributed by atoms with Crippen LogP contribution in [0.15, 0.2) is 18.2 Å². The summed E-state index contributed by atoms with van der Waals surface area (Å²) in [4.78, 5) is 13.8. The fraction of sp³-hybridized carbons (Fsp3) is 0.462. The Kier molecular flexibility index (Phi) is 5.91. The van der Waals surface area contributed by atoms with Crippen LogP contribution >= 0.6 is 24.0 Å². The van der Waals surface area contributed by atoms with Gasteiger partial charge in [0.05, 0.1) is 18.2 Å². The average molecular weight is 305 g/mol. The van der Waals surface area contributed by atoms with Crippen LogP contribution in [-0.2, 0) is 4.79 Å². The Labute approximate surface area is 124 Å². The Morgan fingerprint density at radius 2 is 2.26 bits per heavy atom. The first-order chi connectivity index (χ1) is 8.63. The Hall–Kier alpha value is -0.970. The van der Waals surface area contributed by atoms with Crippen LogP contribution in [0.3, 0.4) is 0 Å². The van der Waals surface area contributed by atoms with Crippen LogP contribution in [0.25, 0.3) is 0 Å². The molecule has 1 aliphatic rings. The van der Waals surface area contributed by atoms with Crippen molar-refractivity contribution in [1.29, 1.82) is 0 Å². The molecule has 1 saturated heterocycles. The van der Waals surface area contributed by atoms with Crippen molar-refractivity contribution in [3.63, 3.8) is 0 Å². The van der Waals surface area contributed by atoms with Crippen molar-refractivity contribution in [1.82, 2.24) is 5.32 Å². The van der Waals surface area contributed by atoms with Gasteiger partial charge in [-0.15, -0.1) is 12.4 Å². The summed E-state index contributed by atoms with van der Waals surface area (Å²) in [6.07, 6.45) is 1.95. The first-order valence-electron chi connectivity index (χ1n) is 5.98. The highest BCUT2D eigenvalue weighted by Crippen LogP contribution is 2.29. The number of hydrogen-bond acceptors (Lipinski definition) is 3. The zero-order valence-electron chi connectivity index (χ0n) is 11.0. The molecule has 4 nitrogen and oxygen atoms in total. The van der Waals surface area contributed by atoms with Crippen LogP contribution in [0.1, 0.15) is 12.8 Å². The lowest BCUT2D eigenvalue weighted by molar-refractivity contribution is -0.119. The van der Waals surface area contributed by atoms with Gasteiger partial charge in [0.1, 0.15) is 5.75 Å². The van der Waals surface area contributed by atoms with E-state index in [9.17, 15) is 4.79 Å². The second-order valence-corrected chi connectivity index (χ2v) is 4.77. The third kappa shape index (κ3) is 3.53. The van der Waals surface area contributed by atoms with Crippen LogP contribution < -0.4 is 15.0 Å². The summed E-state index contributed by atoms with van der Waals surface area (Å²) >= 11 is 6.06. The SMILES string of the molecule is COc1ccc(N(C)C(=O)C2CCCN2)cc1Cl.Cl. The number of ether oxygens (including phenoxy) is 1. The van der Waals surface area contributed by atoms with Crippen molar-refractivity contribution in [2.75, 3.05) is 25.6 Å². The molecule has 2 rings (SSSR count). The molecular formula is C13H18Cl2N2O2. The molecule has 19 heavy (non-hydrogen) atoms. The van der Waals surface area contributed by atoms with Crippen molar-refractivity contribution in [2.45, 2.75) is 18.9 Å². The molecule has 1 heterocycles. The van der Waals surface area contributed by atoms with Gasteiger partial charge in [0, 0.05) is 12.7 Å². The quantitative estimate of drug-likeness (QED) is 0.933. The molecule has 0 aromatic heterocycles. The summed E-state index contributed by atoms with van der Waals surface area (Å²) in [5, 5.41) is 3.70. The monoisotopic (exact) mass is 304 g/mol. The minimum atomic E-state index is -0.0733. The van der Waals surface area contributed by atoms with Gasteiger partial charge < -0.3 is 15.0 Å². The number of nitrogens with zero attached hydrogens (tertiary/aromatic N) is 1. The summed E-state index contributed by atoms with van der Waals surface area (Å²) in [6, 6.07) is 5.27. The summed E-state index contributed by atoms with van der Waals surface area (Å²) in [6.45, 7) is 0.910. The molecule has 1 fully saturated rings. The summed E-state index contributed by atoms with van der Waals surface area (Å²) in [7, 11) is 3.33. The van der Waals surface area contributed by atoms with Gasteiger partial charge in [-0.25, -0.2) is 0 Å². The number of hydrogen-bond donors (Lipinski definition) is 1. The van der Waals surface area contributed by atoms with E-state index >= 15 is 0 Å². The topological polar surface area (TPSA) is 41.6 Å². The molecule has 0 radical (unpaired) electrons. The number of halogens is 2. The number of rotatable bonds is 3. The Balaban J connectivity index is 0.00000180. The summed E-state index contributed by atoms with van der Waals surface area (Å²) < 4.78 is 5.09. The van der Waals surface area contributed by atoms with Gasteiger partial charge in [0.2, 0.25) is 5.91 Å². The highest BCUT2D eigenvalue weighted by atomic mass is 35.5. The van der Waals surface area contributed by atoms with E-state index in [1.165, 1.54) is 0 Å². The Morgan fingerprint density at radius 1 is 1.53 bits per heavy atom. The Bertz CT molecular complexity index is 448. The van der Waals surface area contributed by atoms with E-state index in [0.717, 1.165) is 25.1 Å². The number of benzene rings is 1. The first kappa shape index (κ1) is 16.1. The number of carbonyl (C=O) groups is 1. The van der Waals surface area contributed by atoms with Crippen molar-refractivity contribution in [3.05, 3.63) is 23.2 Å². The van der Waals surface area contributed by atoms with Gasteiger partial charge in [0.15, 0.2) is 0 Å². The normalized spacial score (nSPS) is 17.7. The maximum Gasteiger partial charge on any atom is 0.243 e. The largest absolute Gasteiger partial charge is 0.495 e. The highest BCUT2D eigenvalue weighted by Gasteiger charge is 2.25. The number of carbonyl (C=O) groups excluding carboxylic acids is 1. The van der Waals surface area contributed by atoms with E-state index in [-0.39, 0.29) is 24.4 Å². The number of amides is 1. The van der Waals surface area contributed by atoms with Crippen molar-refractivity contribution in [3.8, 4) is 5.75 Å². The number of nitrogens with one attached hydrogen (secondary N) is 1. The third-order valence-corrected chi connectivity index (χ3v) is 3.51. The molecule has 0 saturated carbocycles. The van der Waals surface area contributed by atoms with E-state index in [1.54, 1.807) is 31.2 Å². The van der Waals surface area contributed by atoms with E-state index in [4.69, 9.17) is 16.3 Å². The molecule has 0 bridgehead atoms. The highest BCUT2D eigenvalue weighted by molar-refractivity contribution is 6.32. The first-order valence-corrected chi connectivity index (χ1v) is 6.36. The molecule has 106 valence electrons. The summed E-state index contributed by atoms with van der Waals surface area (Å²) in [5.74, 6) is 0.689. The maximum absolute atomic E-state index is 12.2. The molecule has 6 heteroatoms. The predicted molar refractivity (Wildman–Crippen MR) is 79.7 cm³/mol. The third-order valence-electron chi connectivity index (χ3n) is 3.21. The van der Waals surface area contributed by atoms with E-state index < -0.39 is 0 Å². The fourth-order valence-corrected chi connectivity index (χ4v) is 2.37. The molecule has 1 aliphatic heterocycles. The molecule has 1 unspecified atom stereocenters. The van der Waals surface area contributed by atoms with Crippen molar-refractivity contribution >= 4 is 35.6 Å². The lowest BCUT2D eigenvalue weighted by Gasteiger charge is -2.21. The van der Waals surface area contributed by atoms with Gasteiger partial charge >= 0.3 is 0 Å². The number of anilines is 1. The molecular weight excluding hydrogens is 287 g/mol. The second-order valence-electron chi connectivity index (χ2n) is 4.37. The van der Waals surface area contributed by atoms with Crippen LogP contribution in [0, 0.1) is 0 Å². The van der Waals surface area contributed by atoms with Crippen molar-refractivity contribution < 1.29 is 9.53 Å². The number of methoxy groups -OCH3 is 1. The molecule has 1 amide bonds. The van der Waals surface area contributed by atoms with Gasteiger partial charge in [-0.05, 0) is 37.6 Å². The minimum Gasteiger partial charge on any atom is -0.495 e. The van der Waals surface area contributed by atoms with E-state index in [2.05, 4.69) is 5.32 Å². The molecule has 1 aromatic rings.